The second kappa shape index (κ2) is 5.23. The molecule has 2 N–H and O–H groups in total. The van der Waals surface area contributed by atoms with E-state index in [2.05, 4.69) is 60.3 Å². The fourth-order valence-corrected chi connectivity index (χ4v) is 3.11. The number of aliphatic hydroxyl groups is 1. The summed E-state index contributed by atoms with van der Waals surface area (Å²) in [5.74, 6) is 0. The lowest BCUT2D eigenvalue weighted by atomic mass is 9.64. The van der Waals surface area contributed by atoms with Crippen molar-refractivity contribution >= 4 is 10.9 Å². The van der Waals surface area contributed by atoms with Crippen LogP contribution in [0.2, 0.25) is 0 Å². The van der Waals surface area contributed by atoms with Crippen LogP contribution < -0.4 is 5.32 Å². The number of nitrogens with zero attached hydrogens (tertiary/aromatic N) is 1. The zero-order valence-corrected chi connectivity index (χ0v) is 12.3. The number of rotatable bonds is 5. The highest BCUT2D eigenvalue weighted by Gasteiger charge is 2.46. The molecule has 0 spiro atoms. The summed E-state index contributed by atoms with van der Waals surface area (Å²) in [6, 6.07) is 11.1. The van der Waals surface area contributed by atoms with E-state index in [4.69, 9.17) is 0 Å². The van der Waals surface area contributed by atoms with Gasteiger partial charge >= 0.3 is 0 Å². The highest BCUT2D eigenvalue weighted by molar-refractivity contribution is 5.79. The Kier molecular flexibility index (Phi) is 3.57. The minimum Gasteiger partial charge on any atom is -0.392 e. The van der Waals surface area contributed by atoms with E-state index in [-0.39, 0.29) is 11.5 Å². The monoisotopic (exact) mass is 272 g/mol. The Balaban J connectivity index is 1.49. The summed E-state index contributed by atoms with van der Waals surface area (Å²) in [4.78, 5) is 0. The van der Waals surface area contributed by atoms with Crippen LogP contribution in [0.15, 0.2) is 36.5 Å². The molecule has 0 radical (unpaired) electrons. The van der Waals surface area contributed by atoms with Gasteiger partial charge in [0.2, 0.25) is 0 Å². The minimum absolute atomic E-state index is 0.0279. The number of benzene rings is 1. The molecule has 2 aromatic rings. The van der Waals surface area contributed by atoms with Crippen molar-refractivity contribution < 1.29 is 5.11 Å². The number of para-hydroxylation sites is 1. The van der Waals surface area contributed by atoms with Gasteiger partial charge in [-0.2, -0.15) is 0 Å². The summed E-state index contributed by atoms with van der Waals surface area (Å²) in [6.07, 6.45) is 4.02. The first-order valence-corrected chi connectivity index (χ1v) is 7.54. The predicted molar refractivity (Wildman–Crippen MR) is 82.8 cm³/mol. The van der Waals surface area contributed by atoms with Crippen molar-refractivity contribution in [1.82, 2.24) is 9.88 Å². The van der Waals surface area contributed by atoms with Gasteiger partial charge in [-0.1, -0.05) is 32.0 Å². The molecule has 3 heteroatoms. The standard InChI is InChI=1S/C17H24N2O/c1-17(2)15(12-16(17)20)18-9-5-10-19-11-8-13-6-3-4-7-14(13)19/h3-4,6-8,11,15-16,18,20H,5,9-10,12H2,1-2H3. The quantitative estimate of drug-likeness (QED) is 0.821. The summed E-state index contributed by atoms with van der Waals surface area (Å²) in [5, 5.41) is 14.6. The molecule has 1 aromatic heterocycles. The molecule has 1 aromatic carbocycles. The number of hydrogen-bond donors (Lipinski definition) is 2. The predicted octanol–water partition coefficient (Wildman–Crippen LogP) is 2.78. The third-order valence-electron chi connectivity index (χ3n) is 4.86. The second-order valence-electron chi connectivity index (χ2n) is 6.50. The molecule has 108 valence electrons. The number of hydrogen-bond acceptors (Lipinski definition) is 2. The lowest BCUT2D eigenvalue weighted by Crippen LogP contribution is -2.60. The van der Waals surface area contributed by atoms with E-state index < -0.39 is 0 Å². The van der Waals surface area contributed by atoms with E-state index in [0.717, 1.165) is 25.9 Å². The molecular formula is C17H24N2O. The van der Waals surface area contributed by atoms with E-state index in [1.807, 2.05) is 0 Å². The maximum Gasteiger partial charge on any atom is 0.0621 e. The zero-order valence-electron chi connectivity index (χ0n) is 12.3. The number of aryl methyl sites for hydroxylation is 1. The first-order valence-electron chi connectivity index (χ1n) is 7.54. The molecule has 0 aliphatic heterocycles. The summed E-state index contributed by atoms with van der Waals surface area (Å²) < 4.78 is 2.32. The van der Waals surface area contributed by atoms with Crippen molar-refractivity contribution in [2.75, 3.05) is 6.54 Å². The Hall–Kier alpha value is -1.32. The minimum atomic E-state index is -0.145. The van der Waals surface area contributed by atoms with Gasteiger partial charge in [0.05, 0.1) is 6.10 Å². The van der Waals surface area contributed by atoms with Gasteiger partial charge in [-0.05, 0) is 36.9 Å². The first-order chi connectivity index (χ1) is 9.59. The lowest BCUT2D eigenvalue weighted by molar-refractivity contribution is -0.0722. The number of fused-ring (bicyclic) bond motifs is 1. The van der Waals surface area contributed by atoms with Crippen LogP contribution in [0.3, 0.4) is 0 Å². The van der Waals surface area contributed by atoms with Gasteiger partial charge in [0.25, 0.3) is 0 Å². The Labute approximate surface area is 120 Å². The molecule has 2 atom stereocenters. The van der Waals surface area contributed by atoms with Crippen LogP contribution in [0.5, 0.6) is 0 Å². The van der Waals surface area contributed by atoms with Gasteiger partial charge in [0, 0.05) is 29.7 Å². The molecule has 1 aliphatic rings. The van der Waals surface area contributed by atoms with Gasteiger partial charge < -0.3 is 15.0 Å². The van der Waals surface area contributed by atoms with Crippen LogP contribution >= 0.6 is 0 Å². The van der Waals surface area contributed by atoms with Gasteiger partial charge in [0.1, 0.15) is 0 Å². The van der Waals surface area contributed by atoms with E-state index in [0.29, 0.717) is 6.04 Å². The maximum absolute atomic E-state index is 9.73. The van der Waals surface area contributed by atoms with Crippen LogP contribution in [0.1, 0.15) is 26.7 Å². The molecular weight excluding hydrogens is 248 g/mol. The van der Waals surface area contributed by atoms with Gasteiger partial charge in [0.15, 0.2) is 0 Å². The van der Waals surface area contributed by atoms with Crippen molar-refractivity contribution in [1.29, 1.82) is 0 Å². The number of nitrogens with one attached hydrogen (secondary N) is 1. The normalized spacial score (nSPS) is 24.8. The van der Waals surface area contributed by atoms with Gasteiger partial charge in [-0.25, -0.2) is 0 Å². The van der Waals surface area contributed by atoms with Crippen LogP contribution in [0.25, 0.3) is 10.9 Å². The Bertz CT molecular complexity index is 587. The topological polar surface area (TPSA) is 37.2 Å². The SMILES string of the molecule is CC1(C)C(O)CC1NCCCn1ccc2ccccc21. The summed E-state index contributed by atoms with van der Waals surface area (Å²) in [5.41, 5.74) is 1.34. The van der Waals surface area contributed by atoms with Crippen LogP contribution in [0.4, 0.5) is 0 Å². The molecule has 3 rings (SSSR count). The lowest BCUT2D eigenvalue weighted by Gasteiger charge is -2.49. The van der Waals surface area contributed by atoms with E-state index >= 15 is 0 Å². The fourth-order valence-electron chi connectivity index (χ4n) is 3.11. The van der Waals surface area contributed by atoms with Crippen molar-refractivity contribution in [2.24, 2.45) is 5.41 Å². The molecule has 1 aliphatic carbocycles. The third-order valence-corrected chi connectivity index (χ3v) is 4.86. The molecule has 1 heterocycles. The molecule has 20 heavy (non-hydrogen) atoms. The molecule has 1 fully saturated rings. The average molecular weight is 272 g/mol. The maximum atomic E-state index is 9.73. The molecule has 0 bridgehead atoms. The van der Waals surface area contributed by atoms with Gasteiger partial charge in [-0.3, -0.25) is 0 Å². The Morgan fingerprint density at radius 2 is 2.10 bits per heavy atom. The second-order valence-corrected chi connectivity index (χ2v) is 6.50. The van der Waals surface area contributed by atoms with Crippen LogP contribution in [-0.2, 0) is 6.54 Å². The van der Waals surface area contributed by atoms with Crippen LogP contribution in [-0.4, -0.2) is 28.4 Å². The molecule has 0 saturated heterocycles. The number of aromatic nitrogens is 1. The Morgan fingerprint density at radius 1 is 1.30 bits per heavy atom. The number of aliphatic hydroxyl groups excluding tert-OH is 1. The molecule has 2 unspecified atom stereocenters. The highest BCUT2D eigenvalue weighted by atomic mass is 16.3. The van der Waals surface area contributed by atoms with Crippen molar-refractivity contribution in [3.63, 3.8) is 0 Å². The molecule has 0 amide bonds. The largest absolute Gasteiger partial charge is 0.392 e. The fraction of sp³-hybridized carbons (Fsp3) is 0.529. The summed E-state index contributed by atoms with van der Waals surface area (Å²) in [6.45, 7) is 6.32. The Morgan fingerprint density at radius 3 is 2.85 bits per heavy atom. The van der Waals surface area contributed by atoms with Gasteiger partial charge in [-0.15, -0.1) is 0 Å². The molecule has 3 nitrogen and oxygen atoms in total. The van der Waals surface area contributed by atoms with Crippen molar-refractivity contribution in [3.05, 3.63) is 36.5 Å². The summed E-state index contributed by atoms with van der Waals surface area (Å²) >= 11 is 0. The summed E-state index contributed by atoms with van der Waals surface area (Å²) in [7, 11) is 0. The van der Waals surface area contributed by atoms with Crippen molar-refractivity contribution in [3.8, 4) is 0 Å². The van der Waals surface area contributed by atoms with Crippen molar-refractivity contribution in [2.45, 2.75) is 45.4 Å². The zero-order chi connectivity index (χ0) is 14.2. The average Bonchev–Trinajstić information content (AvgIpc) is 2.85. The van der Waals surface area contributed by atoms with E-state index in [1.54, 1.807) is 0 Å². The highest BCUT2D eigenvalue weighted by Crippen LogP contribution is 2.40. The third kappa shape index (κ3) is 2.36. The smallest absolute Gasteiger partial charge is 0.0621 e. The van der Waals surface area contributed by atoms with E-state index in [9.17, 15) is 5.11 Å². The first kappa shape index (κ1) is 13.7. The molecule has 1 saturated carbocycles. The van der Waals surface area contributed by atoms with Crippen LogP contribution in [0, 0.1) is 5.41 Å². The van der Waals surface area contributed by atoms with E-state index in [1.165, 1.54) is 10.9 Å².